The van der Waals surface area contributed by atoms with Gasteiger partial charge in [0.25, 0.3) is 0 Å². The quantitative estimate of drug-likeness (QED) is 0.342. The standard InChI is InChI=1S/C20H26N2O5.C2H4/c1-21-7-16-18(17(11-3-4-11)19(22-16)20(26)27-2)13-6-5-12(8-23)14(9-24)15(13)10-25;1-2/h5-6,11,21-25H,3-4,7-10H2,1-2H3;1-2H2. The third-order valence-corrected chi connectivity index (χ3v) is 5.13. The Morgan fingerprint density at radius 2 is 1.83 bits per heavy atom. The number of H-pyrrole nitrogens is 1. The molecule has 1 aliphatic carbocycles. The van der Waals surface area contributed by atoms with E-state index in [1.165, 1.54) is 7.11 Å². The van der Waals surface area contributed by atoms with Gasteiger partial charge in [0.05, 0.1) is 26.9 Å². The van der Waals surface area contributed by atoms with Gasteiger partial charge in [-0.25, -0.2) is 4.79 Å². The monoisotopic (exact) mass is 402 g/mol. The van der Waals surface area contributed by atoms with Gasteiger partial charge in [-0.2, -0.15) is 0 Å². The first-order chi connectivity index (χ1) is 14.1. The maximum Gasteiger partial charge on any atom is 0.354 e. The van der Waals surface area contributed by atoms with Crippen LogP contribution in [0.25, 0.3) is 11.1 Å². The van der Waals surface area contributed by atoms with E-state index >= 15 is 0 Å². The molecule has 0 amide bonds. The number of aliphatic hydroxyl groups excluding tert-OH is 3. The molecular formula is C22H30N2O5. The van der Waals surface area contributed by atoms with E-state index < -0.39 is 5.97 Å². The number of aromatic nitrogens is 1. The highest BCUT2D eigenvalue weighted by molar-refractivity contribution is 5.94. The van der Waals surface area contributed by atoms with Crippen LogP contribution in [0.2, 0.25) is 0 Å². The first kappa shape index (κ1) is 22.8. The summed E-state index contributed by atoms with van der Waals surface area (Å²) >= 11 is 0. The number of esters is 1. The lowest BCUT2D eigenvalue weighted by Crippen LogP contribution is -2.08. The van der Waals surface area contributed by atoms with Crippen molar-refractivity contribution < 1.29 is 24.9 Å². The molecule has 0 bridgehead atoms. The molecule has 5 N–H and O–H groups in total. The van der Waals surface area contributed by atoms with Crippen LogP contribution in [0.5, 0.6) is 0 Å². The van der Waals surface area contributed by atoms with Crippen molar-refractivity contribution in [2.45, 2.75) is 45.1 Å². The van der Waals surface area contributed by atoms with Crippen molar-refractivity contribution in [3.8, 4) is 11.1 Å². The molecule has 0 spiro atoms. The number of benzene rings is 1. The maximum atomic E-state index is 12.3. The van der Waals surface area contributed by atoms with Crippen molar-refractivity contribution in [2.24, 2.45) is 0 Å². The molecule has 158 valence electrons. The van der Waals surface area contributed by atoms with Crippen LogP contribution >= 0.6 is 0 Å². The van der Waals surface area contributed by atoms with Crippen LogP contribution in [0, 0.1) is 0 Å². The molecule has 29 heavy (non-hydrogen) atoms. The van der Waals surface area contributed by atoms with Crippen molar-refractivity contribution in [3.63, 3.8) is 0 Å². The first-order valence-electron chi connectivity index (χ1n) is 9.55. The Bertz CT molecular complexity index is 855. The van der Waals surface area contributed by atoms with Gasteiger partial charge in [-0.05, 0) is 53.6 Å². The highest BCUT2D eigenvalue weighted by atomic mass is 16.5. The molecule has 7 heteroatoms. The summed E-state index contributed by atoms with van der Waals surface area (Å²) < 4.78 is 4.96. The van der Waals surface area contributed by atoms with Crippen molar-refractivity contribution in [2.75, 3.05) is 14.2 Å². The van der Waals surface area contributed by atoms with Gasteiger partial charge >= 0.3 is 5.97 Å². The fraction of sp³-hybridized carbons (Fsp3) is 0.409. The molecule has 3 rings (SSSR count). The summed E-state index contributed by atoms with van der Waals surface area (Å²) in [5.74, 6) is -0.155. The lowest BCUT2D eigenvalue weighted by Gasteiger charge is -2.17. The zero-order chi connectivity index (χ0) is 21.6. The van der Waals surface area contributed by atoms with E-state index in [0.29, 0.717) is 28.9 Å². The molecule has 1 heterocycles. The normalized spacial score (nSPS) is 13.0. The summed E-state index contributed by atoms with van der Waals surface area (Å²) in [7, 11) is 3.18. The van der Waals surface area contributed by atoms with Crippen molar-refractivity contribution in [1.82, 2.24) is 10.3 Å². The Balaban J connectivity index is 0.00000145. The van der Waals surface area contributed by atoms with E-state index in [1.54, 1.807) is 6.07 Å². The number of aromatic amines is 1. The molecule has 0 atom stereocenters. The summed E-state index contributed by atoms with van der Waals surface area (Å²) in [6, 6.07) is 3.59. The van der Waals surface area contributed by atoms with Crippen LogP contribution < -0.4 is 5.32 Å². The average molecular weight is 402 g/mol. The van der Waals surface area contributed by atoms with Crippen molar-refractivity contribution in [3.05, 3.63) is 58.9 Å². The zero-order valence-electron chi connectivity index (χ0n) is 17.0. The largest absolute Gasteiger partial charge is 0.464 e. The molecule has 1 aromatic carbocycles. The number of hydrogen-bond acceptors (Lipinski definition) is 6. The Morgan fingerprint density at radius 1 is 1.17 bits per heavy atom. The molecule has 7 nitrogen and oxygen atoms in total. The third-order valence-electron chi connectivity index (χ3n) is 5.13. The molecule has 2 aromatic rings. The molecule has 1 saturated carbocycles. The Morgan fingerprint density at radius 3 is 2.31 bits per heavy atom. The van der Waals surface area contributed by atoms with E-state index in [2.05, 4.69) is 23.5 Å². The Hall–Kier alpha value is -2.45. The van der Waals surface area contributed by atoms with Crippen LogP contribution in [-0.4, -0.2) is 40.4 Å². The van der Waals surface area contributed by atoms with Crippen molar-refractivity contribution in [1.29, 1.82) is 0 Å². The molecule has 1 aromatic heterocycles. The predicted molar refractivity (Wildman–Crippen MR) is 111 cm³/mol. The number of methoxy groups -OCH3 is 1. The van der Waals surface area contributed by atoms with Gasteiger partial charge in [-0.15, -0.1) is 13.2 Å². The SMILES string of the molecule is C=C.CNCc1[nH]c(C(=O)OC)c(C2CC2)c1-c1ccc(CO)c(CO)c1CO. The number of rotatable bonds is 8. The second-order valence-corrected chi connectivity index (χ2v) is 6.77. The topological polar surface area (TPSA) is 115 Å². The minimum Gasteiger partial charge on any atom is -0.464 e. The number of carbonyl (C=O) groups excluding carboxylic acids is 1. The first-order valence-corrected chi connectivity index (χ1v) is 9.55. The molecule has 1 aliphatic rings. The van der Waals surface area contributed by atoms with Gasteiger partial charge in [-0.1, -0.05) is 12.1 Å². The highest BCUT2D eigenvalue weighted by Crippen LogP contribution is 2.48. The molecule has 1 fully saturated rings. The predicted octanol–water partition coefficient (Wildman–Crippen LogP) is 2.34. The van der Waals surface area contributed by atoms with Crippen LogP contribution in [0.4, 0.5) is 0 Å². The van der Waals surface area contributed by atoms with Crippen LogP contribution in [0.1, 0.15) is 57.2 Å². The van der Waals surface area contributed by atoms with Crippen molar-refractivity contribution >= 4 is 5.97 Å². The van der Waals surface area contributed by atoms with Gasteiger partial charge in [0.2, 0.25) is 0 Å². The summed E-state index contributed by atoms with van der Waals surface area (Å²) in [4.78, 5) is 15.6. The van der Waals surface area contributed by atoms with Gasteiger partial charge in [-0.3, -0.25) is 0 Å². The number of ether oxygens (including phenoxy) is 1. The van der Waals surface area contributed by atoms with E-state index in [-0.39, 0.29) is 25.7 Å². The van der Waals surface area contributed by atoms with Gasteiger partial charge in [0.1, 0.15) is 5.69 Å². The van der Waals surface area contributed by atoms with Crippen LogP contribution in [0.3, 0.4) is 0 Å². The lowest BCUT2D eigenvalue weighted by molar-refractivity contribution is 0.0593. The molecular weight excluding hydrogens is 372 g/mol. The molecule has 0 saturated heterocycles. The molecule has 0 aliphatic heterocycles. The molecule has 0 radical (unpaired) electrons. The van der Waals surface area contributed by atoms with Gasteiger partial charge < -0.3 is 30.4 Å². The Kier molecular flexibility index (Phi) is 8.16. The number of carbonyl (C=O) groups is 1. The summed E-state index contributed by atoms with van der Waals surface area (Å²) in [6.45, 7) is 5.73. The fourth-order valence-electron chi connectivity index (χ4n) is 3.73. The van der Waals surface area contributed by atoms with Crippen LogP contribution in [0.15, 0.2) is 25.3 Å². The zero-order valence-corrected chi connectivity index (χ0v) is 17.0. The van der Waals surface area contributed by atoms with Gasteiger partial charge in [0.15, 0.2) is 0 Å². The average Bonchev–Trinajstić information content (AvgIpc) is 3.54. The highest BCUT2D eigenvalue weighted by Gasteiger charge is 2.35. The summed E-state index contributed by atoms with van der Waals surface area (Å²) in [5.41, 5.74) is 5.48. The van der Waals surface area contributed by atoms with E-state index in [1.807, 2.05) is 13.1 Å². The van der Waals surface area contributed by atoms with E-state index in [9.17, 15) is 20.1 Å². The third kappa shape index (κ3) is 4.43. The Labute approximate surface area is 171 Å². The van der Waals surface area contributed by atoms with Crippen LogP contribution in [-0.2, 0) is 31.1 Å². The fourth-order valence-corrected chi connectivity index (χ4v) is 3.73. The van der Waals surface area contributed by atoms with Gasteiger partial charge in [0, 0.05) is 17.8 Å². The minimum atomic E-state index is -0.416. The number of aliphatic hydroxyl groups is 3. The smallest absolute Gasteiger partial charge is 0.354 e. The number of nitrogens with one attached hydrogen (secondary N) is 2. The summed E-state index contributed by atoms with van der Waals surface area (Å²) in [6.07, 6.45) is 1.98. The second-order valence-electron chi connectivity index (χ2n) is 6.77. The lowest BCUT2D eigenvalue weighted by atomic mass is 9.89. The minimum absolute atomic E-state index is 0.220. The molecule has 0 unspecified atom stereocenters. The summed E-state index contributed by atoms with van der Waals surface area (Å²) in [5, 5.41) is 32.5. The number of hydrogen-bond donors (Lipinski definition) is 5. The maximum absolute atomic E-state index is 12.3. The second kappa shape index (κ2) is 10.4. The van der Waals surface area contributed by atoms with E-state index in [0.717, 1.165) is 35.2 Å². The van der Waals surface area contributed by atoms with E-state index in [4.69, 9.17) is 4.74 Å².